The van der Waals surface area contributed by atoms with Crippen LogP contribution < -0.4 is 10.2 Å². The third-order valence-corrected chi connectivity index (χ3v) is 3.42. The molecule has 0 saturated carbocycles. The van der Waals surface area contributed by atoms with Crippen LogP contribution >= 0.6 is 11.6 Å². The van der Waals surface area contributed by atoms with Crippen LogP contribution in [0.15, 0.2) is 6.07 Å². The number of halogens is 1. The number of amides is 2. The Morgan fingerprint density at radius 3 is 2.81 bits per heavy atom. The summed E-state index contributed by atoms with van der Waals surface area (Å²) >= 11 is 6.00. The monoisotopic (exact) mass is 312 g/mol. The van der Waals surface area contributed by atoms with Crippen LogP contribution in [0.25, 0.3) is 0 Å². The first-order valence-corrected chi connectivity index (χ1v) is 6.95. The molecule has 0 bridgehead atoms. The summed E-state index contributed by atoms with van der Waals surface area (Å²) in [7, 11) is 0. The number of nitrogens with zero attached hydrogens (tertiary/aromatic N) is 3. The SMILES string of the molecule is CCOCc1nc(Cl)cc(N2CC(=O)NC(=O)C2(C)C)n1. The van der Waals surface area contributed by atoms with E-state index < -0.39 is 5.54 Å². The van der Waals surface area contributed by atoms with Crippen LogP contribution in [0.5, 0.6) is 0 Å². The number of nitrogens with one attached hydrogen (secondary N) is 1. The Hall–Kier alpha value is -1.73. The topological polar surface area (TPSA) is 84.4 Å². The van der Waals surface area contributed by atoms with E-state index in [0.717, 1.165) is 0 Å². The van der Waals surface area contributed by atoms with Crippen LogP contribution in [0.4, 0.5) is 5.82 Å². The molecule has 1 aromatic heterocycles. The van der Waals surface area contributed by atoms with Gasteiger partial charge in [0.25, 0.3) is 5.91 Å². The minimum atomic E-state index is -0.908. The molecule has 1 aromatic rings. The molecule has 1 aliphatic rings. The smallest absolute Gasteiger partial charge is 0.251 e. The quantitative estimate of drug-likeness (QED) is 0.657. The molecule has 2 rings (SSSR count). The third kappa shape index (κ3) is 3.30. The molecule has 0 unspecified atom stereocenters. The summed E-state index contributed by atoms with van der Waals surface area (Å²) in [5, 5.41) is 2.55. The van der Waals surface area contributed by atoms with Crippen molar-refractivity contribution < 1.29 is 14.3 Å². The van der Waals surface area contributed by atoms with Gasteiger partial charge in [0, 0.05) is 12.7 Å². The highest BCUT2D eigenvalue weighted by atomic mass is 35.5. The fourth-order valence-corrected chi connectivity index (χ4v) is 2.19. The van der Waals surface area contributed by atoms with Crippen molar-refractivity contribution in [2.75, 3.05) is 18.1 Å². The van der Waals surface area contributed by atoms with Gasteiger partial charge in [-0.3, -0.25) is 14.9 Å². The van der Waals surface area contributed by atoms with Crippen LogP contribution in [-0.4, -0.2) is 40.5 Å². The van der Waals surface area contributed by atoms with Crippen molar-refractivity contribution in [2.45, 2.75) is 32.9 Å². The van der Waals surface area contributed by atoms with Gasteiger partial charge in [-0.05, 0) is 20.8 Å². The van der Waals surface area contributed by atoms with Gasteiger partial charge in [-0.2, -0.15) is 0 Å². The molecule has 1 aliphatic heterocycles. The van der Waals surface area contributed by atoms with Crippen LogP contribution in [0, 0.1) is 0 Å². The lowest BCUT2D eigenvalue weighted by molar-refractivity contribution is -0.135. The summed E-state index contributed by atoms with van der Waals surface area (Å²) in [5.41, 5.74) is -0.908. The molecule has 0 spiro atoms. The van der Waals surface area contributed by atoms with Crippen molar-refractivity contribution in [3.63, 3.8) is 0 Å². The molecule has 1 saturated heterocycles. The molecular weight excluding hydrogens is 296 g/mol. The second-order valence-electron chi connectivity index (χ2n) is 5.12. The average Bonchev–Trinajstić information content (AvgIpc) is 2.40. The molecule has 7 nitrogen and oxygen atoms in total. The van der Waals surface area contributed by atoms with Gasteiger partial charge >= 0.3 is 0 Å². The number of piperazine rings is 1. The van der Waals surface area contributed by atoms with Crippen molar-refractivity contribution in [1.29, 1.82) is 0 Å². The molecule has 2 amide bonds. The van der Waals surface area contributed by atoms with E-state index in [1.165, 1.54) is 6.07 Å². The number of aromatic nitrogens is 2. The van der Waals surface area contributed by atoms with Gasteiger partial charge in [-0.25, -0.2) is 9.97 Å². The van der Waals surface area contributed by atoms with Gasteiger partial charge in [0.15, 0.2) is 5.82 Å². The van der Waals surface area contributed by atoms with Gasteiger partial charge in [0.2, 0.25) is 5.91 Å². The second-order valence-corrected chi connectivity index (χ2v) is 5.51. The minimum Gasteiger partial charge on any atom is -0.374 e. The molecule has 114 valence electrons. The summed E-state index contributed by atoms with van der Waals surface area (Å²) in [5.74, 6) is 0.0896. The number of carbonyl (C=O) groups is 2. The van der Waals surface area contributed by atoms with E-state index >= 15 is 0 Å². The highest BCUT2D eigenvalue weighted by Crippen LogP contribution is 2.26. The predicted molar refractivity (Wildman–Crippen MR) is 76.9 cm³/mol. The second kappa shape index (κ2) is 5.95. The molecule has 1 fully saturated rings. The van der Waals surface area contributed by atoms with E-state index in [1.807, 2.05) is 6.92 Å². The summed E-state index contributed by atoms with van der Waals surface area (Å²) in [6.45, 7) is 6.07. The highest BCUT2D eigenvalue weighted by Gasteiger charge is 2.41. The van der Waals surface area contributed by atoms with Crippen molar-refractivity contribution in [3.05, 3.63) is 17.0 Å². The maximum Gasteiger partial charge on any atom is 0.251 e. The highest BCUT2D eigenvalue weighted by molar-refractivity contribution is 6.29. The molecule has 0 aliphatic carbocycles. The first-order valence-electron chi connectivity index (χ1n) is 6.57. The van der Waals surface area contributed by atoms with Crippen molar-refractivity contribution in [2.24, 2.45) is 0 Å². The van der Waals surface area contributed by atoms with E-state index in [0.29, 0.717) is 18.2 Å². The van der Waals surface area contributed by atoms with E-state index in [9.17, 15) is 9.59 Å². The minimum absolute atomic E-state index is 0.0279. The average molecular weight is 313 g/mol. The first-order chi connectivity index (χ1) is 9.84. The van der Waals surface area contributed by atoms with Crippen molar-refractivity contribution in [1.82, 2.24) is 15.3 Å². The first kappa shape index (κ1) is 15.7. The molecule has 0 atom stereocenters. The standard InChI is InChI=1S/C13H17ClN4O3/c1-4-21-7-9-15-8(14)5-10(16-9)18-6-11(19)17-12(20)13(18,2)3/h5H,4,6-7H2,1-3H3,(H,17,19,20). The molecule has 21 heavy (non-hydrogen) atoms. The zero-order chi connectivity index (χ0) is 15.6. The van der Waals surface area contributed by atoms with Gasteiger partial charge in [0.05, 0.1) is 6.54 Å². The number of rotatable bonds is 4. The number of imide groups is 1. The summed E-state index contributed by atoms with van der Waals surface area (Å²) in [6, 6.07) is 1.53. The van der Waals surface area contributed by atoms with Crippen molar-refractivity contribution >= 4 is 29.2 Å². The van der Waals surface area contributed by atoms with E-state index in [1.54, 1.807) is 18.7 Å². The fraction of sp³-hybridized carbons (Fsp3) is 0.538. The lowest BCUT2D eigenvalue weighted by atomic mass is 9.99. The van der Waals surface area contributed by atoms with Gasteiger partial charge in [-0.15, -0.1) is 0 Å². The zero-order valence-corrected chi connectivity index (χ0v) is 12.9. The van der Waals surface area contributed by atoms with E-state index in [4.69, 9.17) is 16.3 Å². The Morgan fingerprint density at radius 2 is 2.14 bits per heavy atom. The molecule has 1 N–H and O–H groups in total. The summed E-state index contributed by atoms with van der Waals surface area (Å²) in [4.78, 5) is 33.6. The maximum absolute atomic E-state index is 12.0. The van der Waals surface area contributed by atoms with E-state index in [-0.39, 0.29) is 30.1 Å². The number of hydrogen-bond acceptors (Lipinski definition) is 6. The molecule has 0 aromatic carbocycles. The Balaban J connectivity index is 2.37. The number of anilines is 1. The number of ether oxygens (including phenoxy) is 1. The Bertz CT molecular complexity index is 577. The lowest BCUT2D eigenvalue weighted by Crippen LogP contribution is -2.64. The predicted octanol–water partition coefficient (Wildman–Crippen LogP) is 0.908. The lowest BCUT2D eigenvalue weighted by Gasteiger charge is -2.40. The number of hydrogen-bond donors (Lipinski definition) is 1. The zero-order valence-electron chi connectivity index (χ0n) is 12.1. The summed E-state index contributed by atoms with van der Waals surface area (Å²) in [6.07, 6.45) is 0. The maximum atomic E-state index is 12.0. The van der Waals surface area contributed by atoms with Gasteiger partial charge in [-0.1, -0.05) is 11.6 Å². The molecule has 0 radical (unpaired) electrons. The molecule has 2 heterocycles. The van der Waals surface area contributed by atoms with Crippen molar-refractivity contribution in [3.8, 4) is 0 Å². The normalized spacial score (nSPS) is 17.8. The van der Waals surface area contributed by atoms with E-state index in [2.05, 4.69) is 15.3 Å². The largest absolute Gasteiger partial charge is 0.374 e. The molecular formula is C13H17ClN4O3. The van der Waals surface area contributed by atoms with Crippen LogP contribution in [0.2, 0.25) is 5.15 Å². The van der Waals surface area contributed by atoms with Crippen LogP contribution in [0.1, 0.15) is 26.6 Å². The van der Waals surface area contributed by atoms with Crippen LogP contribution in [0.3, 0.4) is 0 Å². The van der Waals surface area contributed by atoms with Gasteiger partial charge in [0.1, 0.15) is 23.1 Å². The van der Waals surface area contributed by atoms with Crippen LogP contribution in [-0.2, 0) is 20.9 Å². The Kier molecular flexibility index (Phi) is 4.43. The Labute approximate surface area is 127 Å². The van der Waals surface area contributed by atoms with Gasteiger partial charge < -0.3 is 9.64 Å². The summed E-state index contributed by atoms with van der Waals surface area (Å²) < 4.78 is 5.26. The Morgan fingerprint density at radius 1 is 1.43 bits per heavy atom. The third-order valence-electron chi connectivity index (χ3n) is 3.22. The molecule has 8 heteroatoms. The fourth-order valence-electron chi connectivity index (χ4n) is 2.00. The number of carbonyl (C=O) groups excluding carboxylic acids is 2.